The number of halogens is 1. The number of benzene rings is 2. The van der Waals surface area contributed by atoms with E-state index in [1.54, 1.807) is 0 Å². The summed E-state index contributed by atoms with van der Waals surface area (Å²) in [7, 11) is 0. The first kappa shape index (κ1) is 14.5. The van der Waals surface area contributed by atoms with Gasteiger partial charge in [0.25, 0.3) is 0 Å². The second-order valence-corrected chi connectivity index (χ2v) is 6.27. The summed E-state index contributed by atoms with van der Waals surface area (Å²) >= 11 is 6.36. The Labute approximate surface area is 139 Å². The van der Waals surface area contributed by atoms with Gasteiger partial charge in [-0.15, -0.1) is 0 Å². The summed E-state index contributed by atoms with van der Waals surface area (Å²) in [6.45, 7) is 0.904. The maximum Gasteiger partial charge on any atom is 0.169 e. The molecule has 5 heteroatoms. The molecule has 2 aromatic rings. The third-order valence-corrected chi connectivity index (χ3v) is 4.60. The van der Waals surface area contributed by atoms with Crippen molar-refractivity contribution in [3.63, 3.8) is 0 Å². The van der Waals surface area contributed by atoms with Crippen LogP contribution in [0.4, 0.5) is 0 Å². The van der Waals surface area contributed by atoms with Crippen molar-refractivity contribution < 1.29 is 14.3 Å². The van der Waals surface area contributed by atoms with Gasteiger partial charge in [-0.25, -0.2) is 0 Å². The van der Waals surface area contributed by atoms with Crippen molar-refractivity contribution in [3.05, 3.63) is 46.5 Å². The Morgan fingerprint density at radius 2 is 2.09 bits per heavy atom. The number of fused-ring (bicyclic) bond motifs is 2. The lowest BCUT2D eigenvalue weighted by molar-refractivity contribution is 0.0933. The molecular weight excluding hydrogens is 314 g/mol. The summed E-state index contributed by atoms with van der Waals surface area (Å²) in [5, 5.41) is 0.586. The number of rotatable bonds is 2. The van der Waals surface area contributed by atoms with Gasteiger partial charge in [0.2, 0.25) is 0 Å². The summed E-state index contributed by atoms with van der Waals surface area (Å²) in [5.74, 6) is 1.51. The molecule has 0 bridgehead atoms. The molecule has 4 rings (SSSR count). The Kier molecular flexibility index (Phi) is 3.51. The number of nitrogens with two attached hydrogens (primary N) is 1. The van der Waals surface area contributed by atoms with Crippen LogP contribution in [0.5, 0.6) is 11.5 Å². The molecule has 0 unspecified atom stereocenters. The molecule has 23 heavy (non-hydrogen) atoms. The summed E-state index contributed by atoms with van der Waals surface area (Å²) < 4.78 is 11.4. The van der Waals surface area contributed by atoms with Crippen molar-refractivity contribution in [1.29, 1.82) is 0 Å². The Hall–Kier alpha value is -2.04. The fourth-order valence-electron chi connectivity index (χ4n) is 3.13. The molecular formula is C18H16ClNO3. The smallest absolute Gasteiger partial charge is 0.169 e. The molecule has 2 aliphatic heterocycles. The van der Waals surface area contributed by atoms with E-state index in [4.69, 9.17) is 26.8 Å². The van der Waals surface area contributed by atoms with Crippen LogP contribution in [0.1, 0.15) is 22.3 Å². The predicted molar refractivity (Wildman–Crippen MR) is 88.5 cm³/mol. The highest BCUT2D eigenvalue weighted by Gasteiger charge is 2.25. The lowest BCUT2D eigenvalue weighted by atomic mass is 9.97. The van der Waals surface area contributed by atoms with Gasteiger partial charge in [-0.2, -0.15) is 0 Å². The lowest BCUT2D eigenvalue weighted by Crippen LogP contribution is -2.24. The van der Waals surface area contributed by atoms with Gasteiger partial charge in [0, 0.05) is 24.9 Å². The molecule has 2 aromatic carbocycles. The highest BCUT2D eigenvalue weighted by Crippen LogP contribution is 2.40. The van der Waals surface area contributed by atoms with Crippen LogP contribution < -0.4 is 15.2 Å². The highest BCUT2D eigenvalue weighted by molar-refractivity contribution is 6.32. The molecule has 0 spiro atoms. The molecule has 1 atom stereocenters. The van der Waals surface area contributed by atoms with Crippen LogP contribution >= 0.6 is 11.6 Å². The molecule has 4 nitrogen and oxygen atoms in total. The van der Waals surface area contributed by atoms with E-state index < -0.39 is 0 Å². The van der Waals surface area contributed by atoms with Gasteiger partial charge in [0.05, 0.1) is 17.2 Å². The van der Waals surface area contributed by atoms with Crippen molar-refractivity contribution in [2.75, 3.05) is 13.2 Å². The zero-order valence-electron chi connectivity index (χ0n) is 12.5. The molecule has 0 saturated heterocycles. The molecule has 2 N–H and O–H groups in total. The number of ether oxygens (including phenoxy) is 2. The van der Waals surface area contributed by atoms with E-state index in [-0.39, 0.29) is 11.9 Å². The fraction of sp³-hybridized carbons (Fsp3) is 0.278. The van der Waals surface area contributed by atoms with Crippen LogP contribution in [0.25, 0.3) is 11.1 Å². The molecule has 0 aromatic heterocycles. The average Bonchev–Trinajstić information content (AvgIpc) is 2.98. The van der Waals surface area contributed by atoms with Gasteiger partial charge in [0.1, 0.15) is 17.6 Å². The predicted octanol–water partition coefficient (Wildman–Crippen LogP) is 3.23. The first-order valence-electron chi connectivity index (χ1n) is 7.65. The van der Waals surface area contributed by atoms with E-state index >= 15 is 0 Å². The number of hydrogen-bond acceptors (Lipinski definition) is 4. The van der Waals surface area contributed by atoms with E-state index in [2.05, 4.69) is 6.07 Å². The second-order valence-electron chi connectivity index (χ2n) is 5.86. The molecule has 0 saturated carbocycles. The standard InChI is InChI=1S/C18H16ClNO3/c19-15-7-11(5-12-6-13(9-20)23-18(12)15)10-1-2-14-16(21)3-4-22-17(14)8-10/h1-2,5,7-8,13H,3-4,6,9,20H2/t13-/m0/s1. The van der Waals surface area contributed by atoms with Crippen molar-refractivity contribution in [2.45, 2.75) is 18.9 Å². The van der Waals surface area contributed by atoms with Crippen LogP contribution in [-0.4, -0.2) is 25.0 Å². The van der Waals surface area contributed by atoms with Crippen LogP contribution in [0.2, 0.25) is 5.02 Å². The van der Waals surface area contributed by atoms with Crippen LogP contribution in [-0.2, 0) is 6.42 Å². The molecule has 2 aliphatic rings. The summed E-state index contributed by atoms with van der Waals surface area (Å²) in [4.78, 5) is 11.9. The maximum absolute atomic E-state index is 11.9. The topological polar surface area (TPSA) is 61.5 Å². The van der Waals surface area contributed by atoms with Crippen LogP contribution in [0.15, 0.2) is 30.3 Å². The van der Waals surface area contributed by atoms with Crippen LogP contribution in [0, 0.1) is 0 Å². The quantitative estimate of drug-likeness (QED) is 0.918. The maximum atomic E-state index is 11.9. The van der Waals surface area contributed by atoms with Crippen molar-refractivity contribution in [1.82, 2.24) is 0 Å². The average molecular weight is 330 g/mol. The number of ketones is 1. The van der Waals surface area contributed by atoms with E-state index in [0.717, 1.165) is 28.9 Å². The normalized spacial score (nSPS) is 18.9. The van der Waals surface area contributed by atoms with Crippen molar-refractivity contribution >= 4 is 17.4 Å². The molecule has 0 amide bonds. The first-order valence-corrected chi connectivity index (χ1v) is 8.03. The number of hydrogen-bond donors (Lipinski definition) is 1. The third kappa shape index (κ3) is 2.48. The van der Waals surface area contributed by atoms with Gasteiger partial charge < -0.3 is 15.2 Å². The minimum atomic E-state index is -0.0118. The van der Waals surface area contributed by atoms with Gasteiger partial charge in [-0.3, -0.25) is 4.79 Å². The Balaban J connectivity index is 1.75. The largest absolute Gasteiger partial charge is 0.492 e. The Morgan fingerprint density at radius 1 is 1.22 bits per heavy atom. The van der Waals surface area contributed by atoms with Crippen LogP contribution in [0.3, 0.4) is 0 Å². The highest BCUT2D eigenvalue weighted by atomic mass is 35.5. The van der Waals surface area contributed by atoms with Gasteiger partial charge in [-0.1, -0.05) is 17.7 Å². The first-order chi connectivity index (χ1) is 11.2. The zero-order chi connectivity index (χ0) is 16.0. The van der Waals surface area contributed by atoms with E-state index in [0.29, 0.717) is 35.9 Å². The SMILES string of the molecule is NC[C@@H]1Cc2cc(-c3ccc4c(c3)OCCC4=O)cc(Cl)c2O1. The molecule has 2 heterocycles. The number of carbonyl (C=O) groups is 1. The van der Waals surface area contributed by atoms with Gasteiger partial charge in [0.15, 0.2) is 5.78 Å². The Bertz CT molecular complexity index is 803. The van der Waals surface area contributed by atoms with Gasteiger partial charge in [-0.05, 0) is 35.4 Å². The second kappa shape index (κ2) is 5.55. The minimum Gasteiger partial charge on any atom is -0.492 e. The number of carbonyl (C=O) groups excluding carboxylic acids is 1. The fourth-order valence-corrected chi connectivity index (χ4v) is 3.41. The van der Waals surface area contributed by atoms with E-state index in [1.807, 2.05) is 24.3 Å². The van der Waals surface area contributed by atoms with E-state index in [9.17, 15) is 4.79 Å². The van der Waals surface area contributed by atoms with Crippen molar-refractivity contribution in [3.8, 4) is 22.6 Å². The molecule has 118 valence electrons. The summed E-state index contributed by atoms with van der Waals surface area (Å²) in [5.41, 5.74) is 9.36. The lowest BCUT2D eigenvalue weighted by Gasteiger charge is -2.17. The van der Waals surface area contributed by atoms with Crippen molar-refractivity contribution in [2.24, 2.45) is 5.73 Å². The summed E-state index contributed by atoms with van der Waals surface area (Å²) in [6, 6.07) is 9.61. The molecule has 0 radical (unpaired) electrons. The minimum absolute atomic E-state index is 0.0118. The van der Waals surface area contributed by atoms with E-state index in [1.165, 1.54) is 0 Å². The molecule has 0 aliphatic carbocycles. The van der Waals surface area contributed by atoms with Gasteiger partial charge >= 0.3 is 0 Å². The Morgan fingerprint density at radius 3 is 2.91 bits per heavy atom. The molecule has 0 fully saturated rings. The zero-order valence-corrected chi connectivity index (χ0v) is 13.2. The monoisotopic (exact) mass is 329 g/mol. The number of Topliss-reactive ketones (excluding diaryl/α,β-unsaturated/α-hetero) is 1. The summed E-state index contributed by atoms with van der Waals surface area (Å²) in [6.07, 6.45) is 1.19. The third-order valence-electron chi connectivity index (χ3n) is 4.32.